The summed E-state index contributed by atoms with van der Waals surface area (Å²) in [7, 11) is 0.164. The quantitative estimate of drug-likeness (QED) is 0.181. The fourth-order valence-electron chi connectivity index (χ4n) is 6.07. The summed E-state index contributed by atoms with van der Waals surface area (Å²) in [5.74, 6) is 3.02. The minimum absolute atomic E-state index is 0.0820. The second-order valence-corrected chi connectivity index (χ2v) is 13.5. The van der Waals surface area contributed by atoms with Crippen LogP contribution in [0.15, 0.2) is 85.2 Å². The van der Waals surface area contributed by atoms with Crippen LogP contribution in [0, 0.1) is 27.7 Å². The van der Waals surface area contributed by atoms with Gasteiger partial charge in [0.2, 0.25) is 0 Å². The van der Waals surface area contributed by atoms with E-state index < -0.39 is 0 Å². The highest BCUT2D eigenvalue weighted by Gasteiger charge is 2.38. The Morgan fingerprint density at radius 3 is 1.50 bits per heavy atom. The number of fused-ring (bicyclic) bond motifs is 4. The van der Waals surface area contributed by atoms with Crippen LogP contribution in [0.3, 0.4) is 0 Å². The molecule has 0 amide bonds. The molecule has 0 radical (unpaired) electrons. The van der Waals surface area contributed by atoms with Crippen molar-refractivity contribution in [3.8, 4) is 23.0 Å². The fourth-order valence-corrected chi connectivity index (χ4v) is 7.84. The highest BCUT2D eigenvalue weighted by atomic mass is 31.1. The lowest BCUT2D eigenvalue weighted by Crippen LogP contribution is -2.25. The van der Waals surface area contributed by atoms with Gasteiger partial charge in [0.1, 0.15) is 0 Å². The zero-order valence-corrected chi connectivity index (χ0v) is 26.7. The second kappa shape index (κ2) is 10.2. The van der Waals surface area contributed by atoms with Crippen molar-refractivity contribution in [2.45, 2.75) is 47.0 Å². The third kappa shape index (κ3) is 4.47. The molecule has 0 saturated heterocycles. The van der Waals surface area contributed by atoms with E-state index in [0.717, 1.165) is 45.3 Å². The number of aromatic nitrogens is 2. The zero-order chi connectivity index (χ0) is 29.2. The molecule has 5 nitrogen and oxygen atoms in total. The maximum Gasteiger partial charge on any atom is 0.181 e. The fraction of sp³-hybridized carbons (Fsp3) is 0.200. The Morgan fingerprint density at radius 2 is 1.05 bits per heavy atom. The van der Waals surface area contributed by atoms with E-state index in [9.17, 15) is 0 Å². The van der Waals surface area contributed by atoms with Crippen molar-refractivity contribution >= 4 is 39.7 Å². The number of para-hydroxylation sites is 2. The number of rotatable bonds is 6. The lowest BCUT2D eigenvalue weighted by Gasteiger charge is -2.36. The highest BCUT2D eigenvalue weighted by molar-refractivity contribution is 7.31. The van der Waals surface area contributed by atoms with Gasteiger partial charge in [0.05, 0.1) is 11.0 Å². The van der Waals surface area contributed by atoms with Crippen molar-refractivity contribution in [2.75, 3.05) is 0 Å². The average Bonchev–Trinajstić information content (AvgIpc) is 3.47. The van der Waals surface area contributed by atoms with Crippen LogP contribution in [0.1, 0.15) is 47.2 Å². The molecule has 0 bridgehead atoms. The monoisotopic (exact) mass is 592 g/mol. The maximum absolute atomic E-state index is 6.79. The number of ether oxygens (including phenoxy) is 1. The van der Waals surface area contributed by atoms with Crippen molar-refractivity contribution in [1.82, 2.24) is 8.68 Å². The summed E-state index contributed by atoms with van der Waals surface area (Å²) in [5, 5.41) is 2.49. The zero-order valence-electron chi connectivity index (χ0n) is 24.7. The molecule has 212 valence electrons. The first-order valence-corrected chi connectivity index (χ1v) is 15.9. The molecular formula is C35H34N2O3P2. The van der Waals surface area contributed by atoms with Gasteiger partial charge in [-0.25, -0.2) is 0 Å². The molecule has 42 heavy (non-hydrogen) atoms. The average molecular weight is 593 g/mol. The van der Waals surface area contributed by atoms with E-state index >= 15 is 0 Å². The molecule has 7 rings (SSSR count). The van der Waals surface area contributed by atoms with Crippen molar-refractivity contribution < 1.29 is 13.8 Å². The highest BCUT2D eigenvalue weighted by Crippen LogP contribution is 2.56. The molecule has 6 aromatic rings. The van der Waals surface area contributed by atoms with Gasteiger partial charge in [-0.3, -0.25) is 8.68 Å². The van der Waals surface area contributed by atoms with Crippen LogP contribution in [-0.4, -0.2) is 8.68 Å². The Hall–Kier alpha value is -3.78. The van der Waals surface area contributed by atoms with E-state index in [1.165, 1.54) is 32.9 Å². The first-order valence-electron chi connectivity index (χ1n) is 14.2. The molecule has 0 saturated carbocycles. The number of aryl methyl sites for hydroxylation is 4. The molecule has 1 aliphatic rings. The Balaban J connectivity index is 1.25. The van der Waals surface area contributed by atoms with Crippen molar-refractivity contribution in [1.29, 1.82) is 0 Å². The molecule has 4 aromatic carbocycles. The SMILES string of the molecule is Cc1cc(OPn2cc(C)c3ccccc32)c2c(c1)C(C)(C)c1cc(C)cc(OPn3cc(C)c4ccccc43)c1O2. The smallest absolute Gasteiger partial charge is 0.181 e. The summed E-state index contributed by atoms with van der Waals surface area (Å²) in [6.07, 6.45) is 4.32. The van der Waals surface area contributed by atoms with Crippen LogP contribution in [0.4, 0.5) is 0 Å². The molecule has 7 heteroatoms. The molecule has 2 atom stereocenters. The van der Waals surface area contributed by atoms with E-state index in [1.54, 1.807) is 0 Å². The maximum atomic E-state index is 6.79. The summed E-state index contributed by atoms with van der Waals surface area (Å²) in [6.45, 7) is 13.0. The first kappa shape index (κ1) is 27.1. The largest absolute Gasteiger partial charge is 0.451 e. The second-order valence-electron chi connectivity index (χ2n) is 11.8. The number of benzene rings is 4. The Kier molecular flexibility index (Phi) is 6.57. The van der Waals surface area contributed by atoms with Crippen LogP contribution in [0.2, 0.25) is 0 Å². The lowest BCUT2D eigenvalue weighted by atomic mass is 9.74. The first-order chi connectivity index (χ1) is 20.2. The molecule has 2 unspecified atom stereocenters. The summed E-state index contributed by atoms with van der Waals surface area (Å²) < 4.78 is 24.3. The third-order valence-electron chi connectivity index (χ3n) is 8.28. The number of hydrogen-bond acceptors (Lipinski definition) is 3. The van der Waals surface area contributed by atoms with E-state index in [1.807, 2.05) is 0 Å². The van der Waals surface area contributed by atoms with Gasteiger partial charge in [0.15, 0.2) is 40.9 Å². The van der Waals surface area contributed by atoms with E-state index in [2.05, 4.69) is 135 Å². The number of hydrogen-bond donors (Lipinski definition) is 0. The number of nitrogens with zero attached hydrogens (tertiary/aromatic N) is 2. The molecular weight excluding hydrogens is 558 g/mol. The summed E-state index contributed by atoms with van der Waals surface area (Å²) in [5.41, 5.74) is 9.03. The summed E-state index contributed by atoms with van der Waals surface area (Å²) >= 11 is 0. The van der Waals surface area contributed by atoms with Gasteiger partial charge in [-0.05, 0) is 74.2 Å². The van der Waals surface area contributed by atoms with E-state index in [4.69, 9.17) is 13.8 Å². The van der Waals surface area contributed by atoms with Gasteiger partial charge < -0.3 is 13.8 Å². The van der Waals surface area contributed by atoms with Crippen molar-refractivity contribution in [2.24, 2.45) is 0 Å². The molecule has 0 spiro atoms. The molecule has 0 N–H and O–H groups in total. The molecule has 1 aliphatic heterocycles. The lowest BCUT2D eigenvalue weighted by molar-refractivity contribution is 0.387. The van der Waals surface area contributed by atoms with Gasteiger partial charge in [-0.1, -0.05) is 62.4 Å². The Labute approximate surface area is 250 Å². The van der Waals surface area contributed by atoms with Crippen molar-refractivity contribution in [3.05, 3.63) is 119 Å². The summed E-state index contributed by atoms with van der Waals surface area (Å²) in [6, 6.07) is 25.5. The van der Waals surface area contributed by atoms with Crippen molar-refractivity contribution in [3.63, 3.8) is 0 Å². The predicted molar refractivity (Wildman–Crippen MR) is 177 cm³/mol. The topological polar surface area (TPSA) is 37.5 Å². The third-order valence-corrected chi connectivity index (χ3v) is 10.0. The Bertz CT molecular complexity index is 1860. The molecule has 0 fully saturated rings. The molecule has 0 aliphatic carbocycles. The van der Waals surface area contributed by atoms with Gasteiger partial charge >= 0.3 is 0 Å². The van der Waals surface area contributed by atoms with Crippen LogP contribution in [0.25, 0.3) is 21.8 Å². The van der Waals surface area contributed by atoms with Crippen LogP contribution in [0.5, 0.6) is 23.0 Å². The minimum Gasteiger partial charge on any atom is -0.451 e. The van der Waals surface area contributed by atoms with E-state index in [-0.39, 0.29) is 23.3 Å². The van der Waals surface area contributed by atoms with Crippen LogP contribution >= 0.6 is 17.9 Å². The molecule has 2 aromatic heterocycles. The Morgan fingerprint density at radius 1 is 0.619 bits per heavy atom. The predicted octanol–water partition coefficient (Wildman–Crippen LogP) is 10.1. The van der Waals surface area contributed by atoms with Gasteiger partial charge in [-0.2, -0.15) is 0 Å². The van der Waals surface area contributed by atoms with Gasteiger partial charge in [0.25, 0.3) is 0 Å². The van der Waals surface area contributed by atoms with Gasteiger partial charge in [-0.15, -0.1) is 0 Å². The normalized spacial score (nSPS) is 14.1. The van der Waals surface area contributed by atoms with Crippen LogP contribution in [-0.2, 0) is 5.41 Å². The molecule has 3 heterocycles. The van der Waals surface area contributed by atoms with Crippen LogP contribution < -0.4 is 13.8 Å². The standard InChI is InChI=1S/C35H34N2O3P2/c1-21-15-27-33(31(17-21)39-41-36-19-23(3)25-11-7-9-13-29(25)36)38-34-28(35(27,5)6)16-22(2)18-32(34)40-42-37-20-24(4)26-12-8-10-14-30(26)37/h7-20,41-42H,1-6H3. The minimum atomic E-state index is -0.309. The summed E-state index contributed by atoms with van der Waals surface area (Å²) in [4.78, 5) is 0. The van der Waals surface area contributed by atoms with E-state index in [0.29, 0.717) is 0 Å². The van der Waals surface area contributed by atoms with Gasteiger partial charge in [0, 0.05) is 39.7 Å².